The molecule has 1 aliphatic heterocycles. The molecule has 3 atom stereocenters. The quantitative estimate of drug-likeness (QED) is 0.753. The van der Waals surface area contributed by atoms with Crippen molar-refractivity contribution < 1.29 is 14.7 Å². The minimum absolute atomic E-state index is 0.185. The smallest absolute Gasteiger partial charge is 0.323 e. The van der Waals surface area contributed by atoms with E-state index in [1.54, 1.807) is 18.3 Å². The van der Waals surface area contributed by atoms with Crippen molar-refractivity contribution in [1.82, 2.24) is 10.3 Å². The number of pyridine rings is 1. The van der Waals surface area contributed by atoms with Crippen LogP contribution in [0.25, 0.3) is 0 Å². The molecule has 0 aromatic carbocycles. The molecule has 6 nitrogen and oxygen atoms in total. The second-order valence-electron chi connectivity index (χ2n) is 6.07. The first-order chi connectivity index (χ1) is 9.85. The summed E-state index contributed by atoms with van der Waals surface area (Å²) in [7, 11) is 0. The molecule has 2 rings (SSSR count). The van der Waals surface area contributed by atoms with Crippen molar-refractivity contribution in [2.75, 3.05) is 0 Å². The molecule has 1 saturated heterocycles. The van der Waals surface area contributed by atoms with Gasteiger partial charge in [-0.2, -0.15) is 0 Å². The first-order valence-corrected chi connectivity index (χ1v) is 7.07. The van der Waals surface area contributed by atoms with E-state index in [1.165, 1.54) is 0 Å². The zero-order chi connectivity index (χ0) is 15.6. The van der Waals surface area contributed by atoms with E-state index in [0.29, 0.717) is 12.1 Å². The largest absolute Gasteiger partial charge is 0.480 e. The van der Waals surface area contributed by atoms with Crippen LogP contribution in [-0.2, 0) is 9.59 Å². The molecule has 0 unspecified atom stereocenters. The molecule has 2 heterocycles. The van der Waals surface area contributed by atoms with Gasteiger partial charge in [0.05, 0.1) is 17.7 Å². The zero-order valence-corrected chi connectivity index (χ0v) is 12.2. The number of aliphatic carboxylic acids is 1. The molecule has 1 fully saturated rings. The Bertz CT molecular complexity index is 532. The van der Waals surface area contributed by atoms with Crippen LogP contribution in [0.1, 0.15) is 38.4 Å². The van der Waals surface area contributed by atoms with Gasteiger partial charge in [0.1, 0.15) is 5.54 Å². The molecule has 114 valence electrons. The highest BCUT2D eigenvalue weighted by molar-refractivity contribution is 5.84. The zero-order valence-electron chi connectivity index (χ0n) is 12.2. The van der Waals surface area contributed by atoms with E-state index in [0.717, 1.165) is 0 Å². The maximum Gasteiger partial charge on any atom is 0.323 e. The van der Waals surface area contributed by atoms with E-state index in [2.05, 4.69) is 10.3 Å². The molecule has 0 radical (unpaired) electrons. The van der Waals surface area contributed by atoms with Crippen LogP contribution >= 0.6 is 0 Å². The number of rotatable bonds is 5. The lowest BCUT2D eigenvalue weighted by Crippen LogP contribution is -2.49. The van der Waals surface area contributed by atoms with E-state index in [1.807, 2.05) is 19.9 Å². The van der Waals surface area contributed by atoms with Gasteiger partial charge in [0.2, 0.25) is 5.91 Å². The van der Waals surface area contributed by atoms with Crippen LogP contribution in [0.3, 0.4) is 0 Å². The molecule has 21 heavy (non-hydrogen) atoms. The van der Waals surface area contributed by atoms with Gasteiger partial charge in [-0.15, -0.1) is 0 Å². The lowest BCUT2D eigenvalue weighted by Gasteiger charge is -2.27. The summed E-state index contributed by atoms with van der Waals surface area (Å²) in [6.07, 6.45) is 2.25. The highest BCUT2D eigenvalue weighted by Gasteiger charge is 2.52. The number of primary amides is 1. The molecular weight excluding hydrogens is 270 g/mol. The van der Waals surface area contributed by atoms with E-state index in [9.17, 15) is 14.7 Å². The Kier molecular flexibility index (Phi) is 4.27. The van der Waals surface area contributed by atoms with Crippen molar-refractivity contribution in [2.45, 2.75) is 38.3 Å². The molecular formula is C15H21N3O3. The Labute approximate surface area is 123 Å². The van der Waals surface area contributed by atoms with Crippen molar-refractivity contribution in [3.63, 3.8) is 0 Å². The van der Waals surface area contributed by atoms with Crippen LogP contribution in [0.2, 0.25) is 0 Å². The number of carbonyl (C=O) groups excluding carboxylic acids is 1. The van der Waals surface area contributed by atoms with Gasteiger partial charge in [-0.3, -0.25) is 19.9 Å². The van der Waals surface area contributed by atoms with E-state index < -0.39 is 29.4 Å². The van der Waals surface area contributed by atoms with Crippen LogP contribution < -0.4 is 11.1 Å². The summed E-state index contributed by atoms with van der Waals surface area (Å²) in [5.74, 6) is -1.83. The Morgan fingerprint density at radius 1 is 1.52 bits per heavy atom. The monoisotopic (exact) mass is 291 g/mol. The minimum atomic E-state index is -1.13. The van der Waals surface area contributed by atoms with Crippen LogP contribution in [0.15, 0.2) is 24.4 Å². The Morgan fingerprint density at radius 3 is 2.71 bits per heavy atom. The first kappa shape index (κ1) is 15.4. The van der Waals surface area contributed by atoms with E-state index in [4.69, 9.17) is 5.73 Å². The predicted octanol–water partition coefficient (Wildman–Crippen LogP) is 1.09. The van der Waals surface area contributed by atoms with Gasteiger partial charge in [-0.1, -0.05) is 19.9 Å². The molecule has 1 aromatic heterocycles. The topological polar surface area (TPSA) is 105 Å². The number of nitrogens with two attached hydrogens (primary N) is 1. The van der Waals surface area contributed by atoms with Gasteiger partial charge in [-0.25, -0.2) is 0 Å². The number of nitrogens with one attached hydrogen (secondary N) is 1. The van der Waals surface area contributed by atoms with Gasteiger partial charge >= 0.3 is 5.97 Å². The molecule has 1 aliphatic rings. The fourth-order valence-electron chi connectivity index (χ4n) is 3.13. The summed E-state index contributed by atoms with van der Waals surface area (Å²) in [4.78, 5) is 27.7. The second-order valence-corrected chi connectivity index (χ2v) is 6.07. The highest BCUT2D eigenvalue weighted by Crippen LogP contribution is 2.40. The SMILES string of the molecule is CC(C)C[C@@]1(C(=O)O)C[C@H](C(N)=O)[C@H](c2ccccn2)N1. The van der Waals surface area contributed by atoms with Crippen molar-refractivity contribution >= 4 is 11.9 Å². The van der Waals surface area contributed by atoms with Gasteiger partial charge in [0.15, 0.2) is 0 Å². The fourth-order valence-corrected chi connectivity index (χ4v) is 3.13. The van der Waals surface area contributed by atoms with Crippen LogP contribution in [-0.4, -0.2) is 27.5 Å². The maximum atomic E-state index is 11.8. The van der Waals surface area contributed by atoms with E-state index >= 15 is 0 Å². The van der Waals surface area contributed by atoms with E-state index in [-0.39, 0.29) is 12.3 Å². The number of carboxylic acids is 1. The number of carboxylic acid groups (broad SMARTS) is 1. The molecule has 0 bridgehead atoms. The van der Waals surface area contributed by atoms with Gasteiger partial charge in [-0.05, 0) is 30.9 Å². The second kappa shape index (κ2) is 5.81. The Balaban J connectivity index is 2.37. The third kappa shape index (κ3) is 3.05. The number of aromatic nitrogens is 1. The first-order valence-electron chi connectivity index (χ1n) is 7.07. The van der Waals surface area contributed by atoms with Crippen molar-refractivity contribution in [3.05, 3.63) is 30.1 Å². The van der Waals surface area contributed by atoms with Gasteiger partial charge < -0.3 is 10.8 Å². The molecule has 0 aliphatic carbocycles. The summed E-state index contributed by atoms with van der Waals surface area (Å²) < 4.78 is 0. The third-order valence-corrected chi connectivity index (χ3v) is 3.94. The number of nitrogens with zero attached hydrogens (tertiary/aromatic N) is 1. The molecule has 4 N–H and O–H groups in total. The third-order valence-electron chi connectivity index (χ3n) is 3.94. The van der Waals surface area contributed by atoms with Crippen LogP contribution in [0, 0.1) is 11.8 Å². The van der Waals surface area contributed by atoms with Crippen molar-refractivity contribution in [1.29, 1.82) is 0 Å². The normalized spacial score (nSPS) is 28.7. The van der Waals surface area contributed by atoms with Crippen LogP contribution in [0.5, 0.6) is 0 Å². The average molecular weight is 291 g/mol. The number of hydrogen-bond acceptors (Lipinski definition) is 4. The summed E-state index contributed by atoms with van der Waals surface area (Å²) in [6.45, 7) is 3.92. The molecule has 6 heteroatoms. The molecule has 1 aromatic rings. The fraction of sp³-hybridized carbons (Fsp3) is 0.533. The Morgan fingerprint density at radius 2 is 2.24 bits per heavy atom. The molecule has 0 spiro atoms. The summed E-state index contributed by atoms with van der Waals surface area (Å²) in [6, 6.07) is 4.90. The van der Waals surface area contributed by atoms with Crippen molar-refractivity contribution in [2.24, 2.45) is 17.6 Å². The lowest BCUT2D eigenvalue weighted by atomic mass is 9.84. The maximum absolute atomic E-state index is 11.8. The predicted molar refractivity (Wildman–Crippen MR) is 77.2 cm³/mol. The number of hydrogen-bond donors (Lipinski definition) is 3. The average Bonchev–Trinajstić information content (AvgIpc) is 2.80. The number of carbonyl (C=O) groups is 2. The Hall–Kier alpha value is -1.95. The summed E-state index contributed by atoms with van der Waals surface area (Å²) in [5, 5.41) is 12.8. The molecule has 0 saturated carbocycles. The van der Waals surface area contributed by atoms with Gasteiger partial charge in [0.25, 0.3) is 0 Å². The standard InChI is InChI=1S/C15H21N3O3/c1-9(2)7-15(14(20)21)8-10(13(16)19)12(18-15)11-5-3-4-6-17-11/h3-6,9-10,12,18H,7-8H2,1-2H3,(H2,16,19)(H,20,21)/t10-,12+,15-/m0/s1. The van der Waals surface area contributed by atoms with Crippen molar-refractivity contribution in [3.8, 4) is 0 Å². The van der Waals surface area contributed by atoms with Crippen LogP contribution in [0.4, 0.5) is 0 Å². The highest BCUT2D eigenvalue weighted by atomic mass is 16.4. The molecule has 1 amide bonds. The van der Waals surface area contributed by atoms with Gasteiger partial charge in [0, 0.05) is 6.20 Å². The number of amides is 1. The minimum Gasteiger partial charge on any atom is -0.480 e. The summed E-state index contributed by atoms with van der Waals surface area (Å²) >= 11 is 0. The summed E-state index contributed by atoms with van der Waals surface area (Å²) in [5.41, 5.74) is 5.00. The lowest BCUT2D eigenvalue weighted by molar-refractivity contribution is -0.145.